The molecule has 2 rings (SSSR count). The molecule has 0 radical (unpaired) electrons. The van der Waals surface area contributed by atoms with E-state index in [1.54, 1.807) is 0 Å². The highest BCUT2D eigenvalue weighted by molar-refractivity contribution is 6.30. The number of unbranched alkanes of at least 4 members (excludes halogenated alkanes) is 1. The second kappa shape index (κ2) is 11.3. The summed E-state index contributed by atoms with van der Waals surface area (Å²) in [5, 5.41) is 13.9. The third-order valence-electron chi connectivity index (χ3n) is 4.10. The van der Waals surface area contributed by atoms with E-state index in [1.807, 2.05) is 24.3 Å². The molecule has 0 saturated heterocycles. The third kappa shape index (κ3) is 7.61. The van der Waals surface area contributed by atoms with E-state index in [0.717, 1.165) is 54.9 Å². The monoisotopic (exact) mass is 364 g/mol. The summed E-state index contributed by atoms with van der Waals surface area (Å²) < 4.78 is 0. The van der Waals surface area contributed by atoms with Gasteiger partial charge in [0.2, 0.25) is 0 Å². The predicted molar refractivity (Wildman–Crippen MR) is 104 cm³/mol. The summed E-state index contributed by atoms with van der Waals surface area (Å²) in [6.07, 6.45) is 9.23. The van der Waals surface area contributed by atoms with Crippen LogP contribution in [0.15, 0.2) is 41.6 Å². The molecule has 0 saturated carbocycles. The normalized spacial score (nSPS) is 17.4. The maximum Gasteiger partial charge on any atom is 0.102 e. The van der Waals surface area contributed by atoms with Crippen molar-refractivity contribution in [3.05, 3.63) is 52.2 Å². The smallest absolute Gasteiger partial charge is 0.102 e. The minimum atomic E-state index is -0.516. The van der Waals surface area contributed by atoms with Gasteiger partial charge in [-0.15, -0.1) is 0 Å². The van der Waals surface area contributed by atoms with Crippen LogP contribution in [0.5, 0.6) is 0 Å². The number of aliphatic hydroxyl groups is 1. The van der Waals surface area contributed by atoms with Gasteiger partial charge >= 0.3 is 0 Å². The molecular formula is C20H29ClN2O2. The first kappa shape index (κ1) is 20.0. The molecule has 0 aromatic heterocycles. The summed E-state index contributed by atoms with van der Waals surface area (Å²) in [4.78, 5) is 5.51. The van der Waals surface area contributed by atoms with E-state index in [-0.39, 0.29) is 6.61 Å². The van der Waals surface area contributed by atoms with Crippen LogP contribution in [0.2, 0.25) is 5.02 Å². The van der Waals surface area contributed by atoms with Crippen LogP contribution in [-0.2, 0) is 4.84 Å². The lowest BCUT2D eigenvalue weighted by atomic mass is 9.97. The first-order valence-electron chi connectivity index (χ1n) is 9.12. The molecular weight excluding hydrogens is 336 g/mol. The van der Waals surface area contributed by atoms with Crippen molar-refractivity contribution < 1.29 is 9.94 Å². The zero-order valence-electron chi connectivity index (χ0n) is 14.9. The van der Waals surface area contributed by atoms with Gasteiger partial charge in [-0.25, -0.2) is 0 Å². The number of hydroxylamine groups is 1. The number of halogens is 1. The highest BCUT2D eigenvalue weighted by atomic mass is 35.5. The Bertz CT molecular complexity index is 570. The van der Waals surface area contributed by atoms with Crippen LogP contribution in [0.3, 0.4) is 0 Å². The number of aliphatic hydroxyl groups excluding tert-OH is 1. The van der Waals surface area contributed by atoms with Crippen molar-refractivity contribution in [2.75, 3.05) is 19.7 Å². The molecule has 0 bridgehead atoms. The lowest BCUT2D eigenvalue weighted by molar-refractivity contribution is -0.00450. The van der Waals surface area contributed by atoms with Crippen molar-refractivity contribution >= 4 is 17.7 Å². The van der Waals surface area contributed by atoms with Crippen LogP contribution in [-0.4, -0.2) is 30.9 Å². The van der Waals surface area contributed by atoms with Gasteiger partial charge in [-0.05, 0) is 61.6 Å². The largest absolute Gasteiger partial charge is 0.389 e. The van der Waals surface area contributed by atoms with Crippen LogP contribution < -0.4 is 10.8 Å². The standard InChI is InChI=1S/C20H29ClN2O2/c1-2-3-12-22-14-19(24)15-25-23-20-7-5-4-6-17(20)13-16-8-10-18(21)11-9-16/h7-11,13,19,22-24H,2-6,12,14-15H2,1H3/t19-/m0/s1. The molecule has 138 valence electrons. The number of hydrogen-bond acceptors (Lipinski definition) is 4. The lowest BCUT2D eigenvalue weighted by Gasteiger charge is -2.20. The molecule has 4 nitrogen and oxygen atoms in total. The number of benzene rings is 1. The summed E-state index contributed by atoms with van der Waals surface area (Å²) in [6, 6.07) is 7.81. The van der Waals surface area contributed by atoms with E-state index in [4.69, 9.17) is 16.4 Å². The first-order valence-corrected chi connectivity index (χ1v) is 9.50. The van der Waals surface area contributed by atoms with Gasteiger partial charge in [0.05, 0.1) is 11.8 Å². The Hall–Kier alpha value is -1.33. The van der Waals surface area contributed by atoms with E-state index in [2.05, 4.69) is 29.9 Å². The zero-order chi connectivity index (χ0) is 17.9. The molecule has 1 aromatic rings. The Morgan fingerprint density at radius 3 is 2.88 bits per heavy atom. The third-order valence-corrected chi connectivity index (χ3v) is 4.35. The van der Waals surface area contributed by atoms with Gasteiger partial charge in [-0.3, -0.25) is 10.3 Å². The molecule has 1 aliphatic carbocycles. The molecule has 1 aliphatic rings. The Morgan fingerprint density at radius 2 is 2.12 bits per heavy atom. The van der Waals surface area contributed by atoms with E-state index in [0.29, 0.717) is 6.54 Å². The van der Waals surface area contributed by atoms with E-state index in [9.17, 15) is 5.11 Å². The minimum Gasteiger partial charge on any atom is -0.389 e. The average Bonchev–Trinajstić information content (AvgIpc) is 2.62. The van der Waals surface area contributed by atoms with Gasteiger partial charge in [0, 0.05) is 11.6 Å². The number of nitrogens with one attached hydrogen (secondary N) is 2. The van der Waals surface area contributed by atoms with Crippen LogP contribution in [0.25, 0.3) is 6.08 Å². The summed E-state index contributed by atoms with van der Waals surface area (Å²) in [7, 11) is 0. The first-order chi connectivity index (χ1) is 12.2. The van der Waals surface area contributed by atoms with Gasteiger partial charge < -0.3 is 10.4 Å². The Morgan fingerprint density at radius 1 is 1.32 bits per heavy atom. The van der Waals surface area contributed by atoms with E-state index >= 15 is 0 Å². The van der Waals surface area contributed by atoms with Gasteiger partial charge in [0.1, 0.15) is 6.61 Å². The van der Waals surface area contributed by atoms with Crippen LogP contribution in [0, 0.1) is 0 Å². The summed E-state index contributed by atoms with van der Waals surface area (Å²) >= 11 is 5.94. The van der Waals surface area contributed by atoms with Crippen molar-refractivity contribution in [1.29, 1.82) is 0 Å². The van der Waals surface area contributed by atoms with Crippen molar-refractivity contribution in [2.24, 2.45) is 0 Å². The fourth-order valence-electron chi connectivity index (χ4n) is 2.67. The second-order valence-corrected chi connectivity index (χ2v) is 6.79. The molecule has 25 heavy (non-hydrogen) atoms. The van der Waals surface area contributed by atoms with Gasteiger partial charge in [0.25, 0.3) is 0 Å². The van der Waals surface area contributed by atoms with Crippen LogP contribution >= 0.6 is 11.6 Å². The second-order valence-electron chi connectivity index (χ2n) is 6.36. The molecule has 0 heterocycles. The van der Waals surface area contributed by atoms with Gasteiger partial charge in [-0.2, -0.15) is 0 Å². The van der Waals surface area contributed by atoms with Crippen molar-refractivity contribution in [2.45, 2.75) is 45.1 Å². The summed E-state index contributed by atoms with van der Waals surface area (Å²) in [6.45, 7) is 3.89. The van der Waals surface area contributed by atoms with E-state index < -0.39 is 6.10 Å². The molecule has 0 unspecified atom stereocenters. The number of rotatable bonds is 10. The highest BCUT2D eigenvalue weighted by Crippen LogP contribution is 2.25. The van der Waals surface area contributed by atoms with Crippen LogP contribution in [0.1, 0.15) is 44.6 Å². The quantitative estimate of drug-likeness (QED) is 0.433. The Balaban J connectivity index is 1.81. The topological polar surface area (TPSA) is 53.5 Å². The van der Waals surface area contributed by atoms with Crippen molar-refractivity contribution in [1.82, 2.24) is 10.8 Å². The van der Waals surface area contributed by atoms with Crippen LogP contribution in [0.4, 0.5) is 0 Å². The fraction of sp³-hybridized carbons (Fsp3) is 0.500. The SMILES string of the molecule is CCCCNC[C@H](O)CONC1=CCCCC1=Cc1ccc(Cl)cc1. The molecule has 3 N–H and O–H groups in total. The van der Waals surface area contributed by atoms with E-state index in [1.165, 1.54) is 5.57 Å². The molecule has 1 atom stereocenters. The minimum absolute atomic E-state index is 0.255. The zero-order valence-corrected chi connectivity index (χ0v) is 15.7. The summed E-state index contributed by atoms with van der Waals surface area (Å²) in [5.41, 5.74) is 6.34. The lowest BCUT2D eigenvalue weighted by Crippen LogP contribution is -2.33. The molecule has 0 spiro atoms. The molecule has 0 aliphatic heterocycles. The predicted octanol–water partition coefficient (Wildman–Crippen LogP) is 4.06. The Kier molecular flexibility index (Phi) is 9.05. The average molecular weight is 365 g/mol. The van der Waals surface area contributed by atoms with Gasteiger partial charge in [0.15, 0.2) is 0 Å². The maximum absolute atomic E-state index is 9.93. The fourth-order valence-corrected chi connectivity index (χ4v) is 2.79. The highest BCUT2D eigenvalue weighted by Gasteiger charge is 2.11. The summed E-state index contributed by atoms with van der Waals surface area (Å²) in [5.74, 6) is 0. The molecule has 0 fully saturated rings. The maximum atomic E-state index is 9.93. The van der Waals surface area contributed by atoms with Crippen molar-refractivity contribution in [3.63, 3.8) is 0 Å². The molecule has 0 amide bonds. The van der Waals surface area contributed by atoms with Gasteiger partial charge in [-0.1, -0.05) is 43.2 Å². The molecule has 1 aromatic carbocycles. The Labute approximate surface area is 155 Å². The molecule has 5 heteroatoms. The number of hydrogen-bond donors (Lipinski definition) is 3. The van der Waals surface area contributed by atoms with Crippen molar-refractivity contribution in [3.8, 4) is 0 Å². The number of allylic oxidation sites excluding steroid dienone is 2.